The van der Waals surface area contributed by atoms with Crippen LogP contribution in [0.1, 0.15) is 24.3 Å². The lowest BCUT2D eigenvalue weighted by atomic mass is 9.73. The van der Waals surface area contributed by atoms with Crippen molar-refractivity contribution in [2.24, 2.45) is 23.7 Å². The van der Waals surface area contributed by atoms with Crippen LogP contribution in [0.5, 0.6) is 0 Å². The summed E-state index contributed by atoms with van der Waals surface area (Å²) in [5.41, 5.74) is 1.30. The van der Waals surface area contributed by atoms with Gasteiger partial charge in [0.15, 0.2) is 0 Å². The summed E-state index contributed by atoms with van der Waals surface area (Å²) in [5, 5.41) is 0. The molecular formula is C15H14O3. The summed E-state index contributed by atoms with van der Waals surface area (Å²) in [6, 6.07) is 10.3. The van der Waals surface area contributed by atoms with Crippen molar-refractivity contribution >= 4 is 11.9 Å². The lowest BCUT2D eigenvalue weighted by Gasteiger charge is -2.27. The molecule has 92 valence electrons. The van der Waals surface area contributed by atoms with Crippen LogP contribution < -0.4 is 0 Å². The lowest BCUT2D eigenvalue weighted by Crippen LogP contribution is -2.29. The van der Waals surface area contributed by atoms with Gasteiger partial charge in [0.1, 0.15) is 0 Å². The third-order valence-corrected chi connectivity index (χ3v) is 4.98. The van der Waals surface area contributed by atoms with E-state index in [9.17, 15) is 9.59 Å². The Hall–Kier alpha value is -1.64. The van der Waals surface area contributed by atoms with E-state index in [4.69, 9.17) is 4.74 Å². The molecule has 3 nitrogen and oxygen atoms in total. The smallest absolute Gasteiger partial charge is 0.317 e. The van der Waals surface area contributed by atoms with E-state index >= 15 is 0 Å². The normalized spacial score (nSPS) is 41.0. The van der Waals surface area contributed by atoms with Crippen molar-refractivity contribution in [2.45, 2.75) is 18.8 Å². The minimum Gasteiger partial charge on any atom is -0.393 e. The van der Waals surface area contributed by atoms with Crippen LogP contribution in [0.2, 0.25) is 0 Å². The second kappa shape index (κ2) is 3.44. The van der Waals surface area contributed by atoms with E-state index in [0.717, 1.165) is 12.8 Å². The molecule has 5 atom stereocenters. The Morgan fingerprint density at radius 2 is 1.67 bits per heavy atom. The molecule has 3 aliphatic rings. The number of ether oxygens (including phenoxy) is 1. The van der Waals surface area contributed by atoms with E-state index in [2.05, 4.69) is 12.1 Å². The molecule has 0 unspecified atom stereocenters. The first-order valence-electron chi connectivity index (χ1n) is 6.56. The molecule has 2 bridgehead atoms. The van der Waals surface area contributed by atoms with Crippen LogP contribution in [-0.2, 0) is 14.3 Å². The SMILES string of the molecule is O=C1OC(=O)[C@@H]2[C@H]3C[C@@H](C[C@@H]3c3ccccc3)[C@@H]12. The zero-order chi connectivity index (χ0) is 12.3. The van der Waals surface area contributed by atoms with E-state index < -0.39 is 0 Å². The first-order valence-corrected chi connectivity index (χ1v) is 6.56. The van der Waals surface area contributed by atoms with Crippen LogP contribution in [0.15, 0.2) is 30.3 Å². The minimum atomic E-state index is -0.280. The summed E-state index contributed by atoms with van der Waals surface area (Å²) < 4.78 is 4.82. The fraction of sp³-hybridized carbons (Fsp3) is 0.467. The number of carbonyl (C=O) groups excluding carboxylic acids is 2. The summed E-state index contributed by atoms with van der Waals surface area (Å²) in [6.45, 7) is 0. The molecule has 2 saturated carbocycles. The van der Waals surface area contributed by atoms with Crippen LogP contribution in [0.25, 0.3) is 0 Å². The largest absolute Gasteiger partial charge is 0.393 e. The first kappa shape index (κ1) is 10.3. The zero-order valence-corrected chi connectivity index (χ0v) is 9.91. The van der Waals surface area contributed by atoms with Gasteiger partial charge in [-0.1, -0.05) is 30.3 Å². The Bertz CT molecular complexity index is 522. The summed E-state index contributed by atoms with van der Waals surface area (Å²) in [7, 11) is 0. The van der Waals surface area contributed by atoms with Gasteiger partial charge in [-0.05, 0) is 36.2 Å². The molecule has 0 N–H and O–H groups in total. The van der Waals surface area contributed by atoms with Gasteiger partial charge in [0.05, 0.1) is 11.8 Å². The third-order valence-electron chi connectivity index (χ3n) is 4.98. The molecule has 1 heterocycles. The van der Waals surface area contributed by atoms with Crippen molar-refractivity contribution in [2.75, 3.05) is 0 Å². The van der Waals surface area contributed by atoms with E-state index in [0.29, 0.717) is 17.8 Å². The second-order valence-electron chi connectivity index (χ2n) is 5.70. The lowest BCUT2D eigenvalue weighted by molar-refractivity contribution is -0.154. The van der Waals surface area contributed by atoms with Crippen molar-refractivity contribution < 1.29 is 14.3 Å². The van der Waals surface area contributed by atoms with Crippen LogP contribution in [0, 0.1) is 23.7 Å². The topological polar surface area (TPSA) is 43.4 Å². The van der Waals surface area contributed by atoms with Crippen molar-refractivity contribution in [3.63, 3.8) is 0 Å². The maximum absolute atomic E-state index is 11.8. The molecule has 2 aliphatic carbocycles. The highest BCUT2D eigenvalue weighted by Gasteiger charge is 2.62. The van der Waals surface area contributed by atoms with E-state index in [1.165, 1.54) is 5.56 Å². The van der Waals surface area contributed by atoms with Gasteiger partial charge in [-0.25, -0.2) is 0 Å². The van der Waals surface area contributed by atoms with Crippen LogP contribution in [0.4, 0.5) is 0 Å². The van der Waals surface area contributed by atoms with Crippen molar-refractivity contribution in [1.82, 2.24) is 0 Å². The number of fused-ring (bicyclic) bond motifs is 5. The van der Waals surface area contributed by atoms with E-state index in [-0.39, 0.29) is 23.8 Å². The summed E-state index contributed by atoms with van der Waals surface area (Å²) in [6.07, 6.45) is 2.04. The molecular weight excluding hydrogens is 228 g/mol. The molecule has 1 aromatic rings. The summed E-state index contributed by atoms with van der Waals surface area (Å²) in [5.74, 6) is 0.229. The highest BCUT2D eigenvalue weighted by Crippen LogP contribution is 2.61. The monoisotopic (exact) mass is 242 g/mol. The molecule has 1 aromatic carbocycles. The standard InChI is InChI=1S/C15H14O3/c16-14-12-9-6-10(8-4-2-1-3-5-8)11(7-9)13(12)15(17)18-14/h1-5,9-13H,6-7H2/t9-,10-,11+,12-,13-/m1/s1. The molecule has 0 radical (unpaired) electrons. The molecule has 1 aliphatic heterocycles. The fourth-order valence-electron chi connectivity index (χ4n) is 4.34. The van der Waals surface area contributed by atoms with Gasteiger partial charge in [0, 0.05) is 0 Å². The quantitative estimate of drug-likeness (QED) is 0.559. The predicted molar refractivity (Wildman–Crippen MR) is 63.5 cm³/mol. The molecule has 0 aromatic heterocycles. The van der Waals surface area contributed by atoms with E-state index in [1.807, 2.05) is 18.2 Å². The number of rotatable bonds is 1. The third kappa shape index (κ3) is 1.19. The first-order chi connectivity index (χ1) is 8.75. The Kier molecular flexibility index (Phi) is 1.97. The Morgan fingerprint density at radius 3 is 2.44 bits per heavy atom. The molecule has 0 amide bonds. The van der Waals surface area contributed by atoms with Gasteiger partial charge < -0.3 is 4.74 Å². The second-order valence-corrected chi connectivity index (χ2v) is 5.70. The van der Waals surface area contributed by atoms with E-state index in [1.54, 1.807) is 0 Å². The van der Waals surface area contributed by atoms with Gasteiger partial charge in [-0.15, -0.1) is 0 Å². The summed E-state index contributed by atoms with van der Waals surface area (Å²) in [4.78, 5) is 23.4. The number of carbonyl (C=O) groups is 2. The van der Waals surface area contributed by atoms with Gasteiger partial charge in [-0.2, -0.15) is 0 Å². The number of esters is 2. The average Bonchev–Trinajstić information content (AvgIpc) is 3.03. The Labute approximate surface area is 105 Å². The highest BCUT2D eigenvalue weighted by molar-refractivity contribution is 5.97. The molecule has 3 heteroatoms. The molecule has 1 saturated heterocycles. The van der Waals surface area contributed by atoms with Crippen molar-refractivity contribution in [3.8, 4) is 0 Å². The van der Waals surface area contributed by atoms with Gasteiger partial charge in [0.2, 0.25) is 0 Å². The predicted octanol–water partition coefficient (Wildman–Crippen LogP) is 2.13. The molecule has 3 fully saturated rings. The van der Waals surface area contributed by atoms with Gasteiger partial charge >= 0.3 is 11.9 Å². The van der Waals surface area contributed by atoms with Crippen molar-refractivity contribution in [3.05, 3.63) is 35.9 Å². The zero-order valence-electron chi connectivity index (χ0n) is 9.91. The maximum atomic E-state index is 11.8. The molecule has 18 heavy (non-hydrogen) atoms. The average molecular weight is 242 g/mol. The maximum Gasteiger partial charge on any atom is 0.317 e. The Balaban J connectivity index is 1.70. The number of cyclic esters (lactones) is 2. The van der Waals surface area contributed by atoms with Gasteiger partial charge in [-0.3, -0.25) is 9.59 Å². The molecule has 0 spiro atoms. The Morgan fingerprint density at radius 1 is 0.944 bits per heavy atom. The minimum absolute atomic E-state index is 0.137. The van der Waals surface area contributed by atoms with Gasteiger partial charge in [0.25, 0.3) is 0 Å². The number of hydrogen-bond donors (Lipinski definition) is 0. The number of hydrogen-bond acceptors (Lipinski definition) is 3. The fourth-order valence-corrected chi connectivity index (χ4v) is 4.34. The van der Waals surface area contributed by atoms with Crippen LogP contribution >= 0.6 is 0 Å². The molecule has 4 rings (SSSR count). The number of benzene rings is 1. The van der Waals surface area contributed by atoms with Crippen LogP contribution in [-0.4, -0.2) is 11.9 Å². The summed E-state index contributed by atoms with van der Waals surface area (Å²) >= 11 is 0. The van der Waals surface area contributed by atoms with Crippen molar-refractivity contribution in [1.29, 1.82) is 0 Å². The van der Waals surface area contributed by atoms with Crippen LogP contribution in [0.3, 0.4) is 0 Å². The highest BCUT2D eigenvalue weighted by atomic mass is 16.6.